The van der Waals surface area contributed by atoms with E-state index >= 15 is 0 Å². The normalized spacial score (nSPS) is 24.5. The zero-order chi connectivity index (χ0) is 14.9. The summed E-state index contributed by atoms with van der Waals surface area (Å²) in [5.41, 5.74) is 3.01. The second-order valence-corrected chi connectivity index (χ2v) is 6.84. The van der Waals surface area contributed by atoms with Gasteiger partial charge in [0.2, 0.25) is 5.91 Å². The Morgan fingerprint density at radius 3 is 2.57 bits per heavy atom. The van der Waals surface area contributed by atoms with Gasteiger partial charge in [-0.25, -0.2) is 0 Å². The molecule has 1 atom stereocenters. The monoisotopic (exact) mass is 286 g/mol. The maximum absolute atomic E-state index is 12.8. The van der Waals surface area contributed by atoms with Crippen LogP contribution in [0.2, 0.25) is 0 Å². The fourth-order valence-electron chi connectivity index (χ4n) is 3.64. The highest BCUT2D eigenvalue weighted by Gasteiger charge is 2.34. The average molecular weight is 286 g/mol. The molecule has 3 nitrogen and oxygen atoms in total. The Morgan fingerprint density at radius 2 is 1.90 bits per heavy atom. The summed E-state index contributed by atoms with van der Waals surface area (Å²) in [7, 11) is 2.02. The molecule has 1 saturated heterocycles. The van der Waals surface area contributed by atoms with Gasteiger partial charge in [-0.05, 0) is 57.2 Å². The van der Waals surface area contributed by atoms with Gasteiger partial charge in [0.25, 0.3) is 0 Å². The van der Waals surface area contributed by atoms with Gasteiger partial charge in [-0.1, -0.05) is 24.3 Å². The smallest absolute Gasteiger partial charge is 0.226 e. The third-order valence-corrected chi connectivity index (χ3v) is 5.48. The van der Waals surface area contributed by atoms with E-state index in [1.54, 1.807) is 0 Å². The first kappa shape index (κ1) is 14.6. The molecule has 1 amide bonds. The molecule has 2 aliphatic rings. The minimum Gasteiger partial charge on any atom is -0.342 e. The molecule has 1 heterocycles. The summed E-state index contributed by atoms with van der Waals surface area (Å²) >= 11 is 0. The van der Waals surface area contributed by atoms with Crippen LogP contribution in [-0.2, 0) is 17.6 Å². The van der Waals surface area contributed by atoms with Crippen molar-refractivity contribution in [3.8, 4) is 0 Å². The number of carbonyl (C=O) groups excluding carboxylic acids is 1. The van der Waals surface area contributed by atoms with Crippen molar-refractivity contribution in [1.82, 2.24) is 10.2 Å². The van der Waals surface area contributed by atoms with E-state index in [9.17, 15) is 4.79 Å². The quantitative estimate of drug-likeness (QED) is 0.905. The summed E-state index contributed by atoms with van der Waals surface area (Å²) < 4.78 is 0. The van der Waals surface area contributed by atoms with E-state index in [1.807, 2.05) is 7.05 Å². The minimum absolute atomic E-state index is 0.193. The van der Waals surface area contributed by atoms with Crippen LogP contribution in [0, 0.1) is 5.92 Å². The molecule has 1 unspecified atom stereocenters. The number of piperidine rings is 1. The zero-order valence-corrected chi connectivity index (χ0v) is 13.2. The van der Waals surface area contributed by atoms with Gasteiger partial charge < -0.3 is 10.2 Å². The summed E-state index contributed by atoms with van der Waals surface area (Å²) in [5.74, 6) is 0.571. The molecule has 1 fully saturated rings. The van der Waals surface area contributed by atoms with E-state index in [-0.39, 0.29) is 11.5 Å². The molecule has 1 aromatic carbocycles. The van der Waals surface area contributed by atoms with Crippen LogP contribution in [0.3, 0.4) is 0 Å². The molecule has 21 heavy (non-hydrogen) atoms. The van der Waals surface area contributed by atoms with E-state index in [0.717, 1.165) is 45.2 Å². The summed E-state index contributed by atoms with van der Waals surface area (Å²) in [6, 6.07) is 8.58. The van der Waals surface area contributed by atoms with Crippen LogP contribution < -0.4 is 5.32 Å². The van der Waals surface area contributed by atoms with Crippen molar-refractivity contribution in [1.29, 1.82) is 0 Å². The van der Waals surface area contributed by atoms with Gasteiger partial charge in [0, 0.05) is 24.5 Å². The summed E-state index contributed by atoms with van der Waals surface area (Å²) in [5, 5.41) is 3.39. The number of likely N-dealkylation sites (tertiary alicyclic amines) is 1. The first-order valence-corrected chi connectivity index (χ1v) is 8.16. The van der Waals surface area contributed by atoms with Crippen LogP contribution in [0.4, 0.5) is 0 Å². The topological polar surface area (TPSA) is 32.3 Å². The van der Waals surface area contributed by atoms with Crippen molar-refractivity contribution in [2.75, 3.05) is 20.1 Å². The van der Waals surface area contributed by atoms with E-state index in [1.165, 1.54) is 11.1 Å². The maximum atomic E-state index is 12.8. The number of amides is 1. The van der Waals surface area contributed by atoms with Gasteiger partial charge in [-0.3, -0.25) is 4.79 Å². The molecule has 0 saturated carbocycles. The van der Waals surface area contributed by atoms with Gasteiger partial charge >= 0.3 is 0 Å². The molecule has 1 aliphatic carbocycles. The van der Waals surface area contributed by atoms with E-state index in [0.29, 0.717) is 5.91 Å². The molecule has 0 radical (unpaired) electrons. The predicted molar refractivity (Wildman–Crippen MR) is 85.2 cm³/mol. The molecule has 3 rings (SSSR count). The molecular weight excluding hydrogens is 260 g/mol. The van der Waals surface area contributed by atoms with Crippen LogP contribution in [0.15, 0.2) is 24.3 Å². The van der Waals surface area contributed by atoms with Crippen molar-refractivity contribution in [3.63, 3.8) is 0 Å². The number of fused-ring (bicyclic) bond motifs is 1. The number of nitrogens with one attached hydrogen (secondary N) is 1. The molecule has 1 aliphatic heterocycles. The molecular formula is C18H26N2O. The summed E-state index contributed by atoms with van der Waals surface area (Å²) in [6.07, 6.45) is 5.09. The SMILES string of the molecule is CNC1(C)CCN(C(=O)C2CCc3ccccc3C2)CC1. The van der Waals surface area contributed by atoms with E-state index in [4.69, 9.17) is 0 Å². The highest BCUT2D eigenvalue weighted by molar-refractivity contribution is 5.79. The van der Waals surface area contributed by atoms with Gasteiger partial charge in [0.05, 0.1) is 0 Å². The number of benzene rings is 1. The molecule has 0 spiro atoms. The largest absolute Gasteiger partial charge is 0.342 e. The third-order valence-electron chi connectivity index (χ3n) is 5.48. The van der Waals surface area contributed by atoms with Crippen LogP contribution >= 0.6 is 0 Å². The molecule has 0 bridgehead atoms. The van der Waals surface area contributed by atoms with Crippen molar-refractivity contribution in [2.45, 2.75) is 44.6 Å². The van der Waals surface area contributed by atoms with Crippen LogP contribution in [0.25, 0.3) is 0 Å². The first-order chi connectivity index (χ1) is 10.1. The van der Waals surface area contributed by atoms with Gasteiger partial charge in [0.15, 0.2) is 0 Å². The van der Waals surface area contributed by atoms with Crippen molar-refractivity contribution in [3.05, 3.63) is 35.4 Å². The Kier molecular flexibility index (Phi) is 4.03. The van der Waals surface area contributed by atoms with Crippen LogP contribution in [-0.4, -0.2) is 36.5 Å². The lowest BCUT2D eigenvalue weighted by atomic mass is 9.82. The first-order valence-electron chi connectivity index (χ1n) is 8.16. The Balaban J connectivity index is 1.63. The molecule has 1 aromatic rings. The van der Waals surface area contributed by atoms with Crippen molar-refractivity contribution < 1.29 is 4.79 Å². The zero-order valence-electron chi connectivity index (χ0n) is 13.2. The van der Waals surface area contributed by atoms with Crippen LogP contribution in [0.5, 0.6) is 0 Å². The van der Waals surface area contributed by atoms with Gasteiger partial charge in [-0.2, -0.15) is 0 Å². The second-order valence-electron chi connectivity index (χ2n) is 6.84. The Bertz CT molecular complexity index is 518. The Hall–Kier alpha value is -1.35. The molecule has 3 heteroatoms. The second kappa shape index (κ2) is 5.80. The minimum atomic E-state index is 0.193. The van der Waals surface area contributed by atoms with E-state index < -0.39 is 0 Å². The number of nitrogens with zero attached hydrogens (tertiary/aromatic N) is 1. The predicted octanol–water partition coefficient (Wildman–Crippen LogP) is 2.39. The standard InChI is InChI=1S/C18H26N2O/c1-18(19-2)9-11-20(12-10-18)17(21)16-8-7-14-5-3-4-6-15(14)13-16/h3-6,16,19H,7-13H2,1-2H3. The maximum Gasteiger partial charge on any atom is 0.226 e. The number of rotatable bonds is 2. The lowest BCUT2D eigenvalue weighted by molar-refractivity contribution is -0.137. The highest BCUT2D eigenvalue weighted by Crippen LogP contribution is 2.29. The van der Waals surface area contributed by atoms with Crippen LogP contribution in [0.1, 0.15) is 37.3 Å². The van der Waals surface area contributed by atoms with E-state index in [2.05, 4.69) is 41.4 Å². The van der Waals surface area contributed by atoms with Crippen molar-refractivity contribution in [2.24, 2.45) is 5.92 Å². The van der Waals surface area contributed by atoms with Gasteiger partial charge in [-0.15, -0.1) is 0 Å². The van der Waals surface area contributed by atoms with Gasteiger partial charge in [0.1, 0.15) is 0 Å². The number of hydrogen-bond acceptors (Lipinski definition) is 2. The number of carbonyl (C=O) groups is 1. The lowest BCUT2D eigenvalue weighted by Crippen LogP contribution is -2.52. The highest BCUT2D eigenvalue weighted by atomic mass is 16.2. The number of hydrogen-bond donors (Lipinski definition) is 1. The molecule has 0 aromatic heterocycles. The Labute approximate surface area is 127 Å². The lowest BCUT2D eigenvalue weighted by Gasteiger charge is -2.41. The summed E-state index contributed by atoms with van der Waals surface area (Å²) in [4.78, 5) is 14.9. The summed E-state index contributed by atoms with van der Waals surface area (Å²) in [6.45, 7) is 4.05. The molecule has 114 valence electrons. The Morgan fingerprint density at radius 1 is 1.24 bits per heavy atom. The average Bonchev–Trinajstić information content (AvgIpc) is 2.54. The third kappa shape index (κ3) is 2.98. The van der Waals surface area contributed by atoms with Crippen molar-refractivity contribution >= 4 is 5.91 Å². The fraction of sp³-hybridized carbons (Fsp3) is 0.611. The fourth-order valence-corrected chi connectivity index (χ4v) is 3.64. The number of aryl methyl sites for hydroxylation is 1. The molecule has 1 N–H and O–H groups in total.